The molecule has 0 amide bonds. The van der Waals surface area contributed by atoms with Crippen molar-refractivity contribution in [2.75, 3.05) is 25.1 Å². The zero-order valence-corrected chi connectivity index (χ0v) is 10.2. The number of nitrogens with one attached hydrogen (secondary N) is 1. The van der Waals surface area contributed by atoms with Crippen LogP contribution in [-0.2, 0) is 4.74 Å². The van der Waals surface area contributed by atoms with E-state index in [9.17, 15) is 18.9 Å². The maximum atomic E-state index is 13.4. The molecule has 5 nitrogen and oxygen atoms in total. The molecular weight excluding hydrogens is 258 g/mol. The summed E-state index contributed by atoms with van der Waals surface area (Å²) in [5.74, 6) is -1.71. The topological polar surface area (TPSA) is 64.4 Å². The van der Waals surface area contributed by atoms with Crippen molar-refractivity contribution >= 4 is 11.4 Å². The molecule has 1 saturated heterocycles. The predicted molar refractivity (Wildman–Crippen MR) is 65.0 cm³/mol. The summed E-state index contributed by atoms with van der Waals surface area (Å²) in [4.78, 5) is 9.94. The van der Waals surface area contributed by atoms with Gasteiger partial charge in [-0.3, -0.25) is 10.1 Å². The number of hydrogen-bond donors (Lipinski definition) is 1. The molecule has 1 heterocycles. The average molecular weight is 272 g/mol. The van der Waals surface area contributed by atoms with E-state index in [1.807, 2.05) is 0 Å². The molecule has 0 atom stereocenters. The highest BCUT2D eigenvalue weighted by Crippen LogP contribution is 2.29. The van der Waals surface area contributed by atoms with Gasteiger partial charge in [0.2, 0.25) is 5.82 Å². The third kappa shape index (κ3) is 3.37. The number of nitro groups is 1. The summed E-state index contributed by atoms with van der Waals surface area (Å²) in [5, 5.41) is 13.6. The Labute approximate surface area is 108 Å². The first kappa shape index (κ1) is 13.7. The average Bonchev–Trinajstić information content (AvgIpc) is 2.36. The number of hydrogen-bond acceptors (Lipinski definition) is 4. The van der Waals surface area contributed by atoms with Crippen LogP contribution < -0.4 is 5.32 Å². The summed E-state index contributed by atoms with van der Waals surface area (Å²) in [5.41, 5.74) is -0.831. The molecule has 1 N–H and O–H groups in total. The molecule has 7 heteroatoms. The van der Waals surface area contributed by atoms with Gasteiger partial charge in [0.1, 0.15) is 11.5 Å². The first-order valence-corrected chi connectivity index (χ1v) is 6.03. The Morgan fingerprint density at radius 2 is 2.05 bits per heavy atom. The highest BCUT2D eigenvalue weighted by Gasteiger charge is 2.23. The van der Waals surface area contributed by atoms with E-state index in [1.54, 1.807) is 0 Å². The van der Waals surface area contributed by atoms with Crippen LogP contribution in [0.1, 0.15) is 12.8 Å². The first-order valence-electron chi connectivity index (χ1n) is 6.03. The number of ether oxygens (including phenoxy) is 1. The summed E-state index contributed by atoms with van der Waals surface area (Å²) in [7, 11) is 0. The summed E-state index contributed by atoms with van der Waals surface area (Å²) < 4.78 is 31.7. The van der Waals surface area contributed by atoms with Crippen LogP contribution in [-0.4, -0.2) is 24.7 Å². The Balaban J connectivity index is 2.12. The highest BCUT2D eigenvalue weighted by molar-refractivity contribution is 5.62. The Bertz CT molecular complexity index is 476. The van der Waals surface area contributed by atoms with Crippen LogP contribution in [0, 0.1) is 27.7 Å². The molecule has 0 aromatic heterocycles. The van der Waals surface area contributed by atoms with Gasteiger partial charge in [0.25, 0.3) is 0 Å². The summed E-state index contributed by atoms with van der Waals surface area (Å²) in [6, 6.07) is 1.46. The maximum Gasteiger partial charge on any atom is 0.327 e. The second-order valence-corrected chi connectivity index (χ2v) is 4.48. The van der Waals surface area contributed by atoms with E-state index >= 15 is 0 Å². The van der Waals surface area contributed by atoms with Crippen molar-refractivity contribution in [3.63, 3.8) is 0 Å². The van der Waals surface area contributed by atoms with Gasteiger partial charge < -0.3 is 10.1 Å². The van der Waals surface area contributed by atoms with Gasteiger partial charge in [-0.15, -0.1) is 0 Å². The maximum absolute atomic E-state index is 13.4. The molecule has 0 aliphatic carbocycles. The van der Waals surface area contributed by atoms with E-state index in [-0.39, 0.29) is 5.69 Å². The lowest BCUT2D eigenvalue weighted by Crippen LogP contribution is -2.23. The molecule has 1 aromatic rings. The second-order valence-electron chi connectivity index (χ2n) is 4.48. The lowest BCUT2D eigenvalue weighted by atomic mass is 10.0. The van der Waals surface area contributed by atoms with Crippen LogP contribution in [0.25, 0.3) is 0 Å². The lowest BCUT2D eigenvalue weighted by molar-refractivity contribution is -0.386. The molecule has 2 rings (SSSR count). The molecule has 1 aliphatic rings. The molecule has 0 radical (unpaired) electrons. The van der Waals surface area contributed by atoms with Crippen LogP contribution in [0.2, 0.25) is 0 Å². The predicted octanol–water partition coefficient (Wildman–Crippen LogP) is 2.71. The minimum Gasteiger partial charge on any atom is -0.381 e. The molecule has 0 bridgehead atoms. The van der Waals surface area contributed by atoms with Crippen molar-refractivity contribution < 1.29 is 18.4 Å². The van der Waals surface area contributed by atoms with Gasteiger partial charge in [-0.2, -0.15) is 4.39 Å². The lowest BCUT2D eigenvalue weighted by Gasteiger charge is -2.22. The SMILES string of the molecule is O=[N+]([O-])c1c(F)cc(F)cc1NCC1CCOCC1. The van der Waals surface area contributed by atoms with Crippen LogP contribution in [0.15, 0.2) is 12.1 Å². The van der Waals surface area contributed by atoms with Gasteiger partial charge in [0, 0.05) is 31.9 Å². The minimum absolute atomic E-state index is 0.117. The molecular formula is C12H14F2N2O3. The molecule has 104 valence electrons. The fourth-order valence-electron chi connectivity index (χ4n) is 2.09. The molecule has 19 heavy (non-hydrogen) atoms. The Morgan fingerprint density at radius 1 is 1.37 bits per heavy atom. The van der Waals surface area contributed by atoms with Crippen LogP contribution in [0.5, 0.6) is 0 Å². The second kappa shape index (κ2) is 5.92. The monoisotopic (exact) mass is 272 g/mol. The fraction of sp³-hybridized carbons (Fsp3) is 0.500. The van der Waals surface area contributed by atoms with Crippen LogP contribution in [0.3, 0.4) is 0 Å². The van der Waals surface area contributed by atoms with E-state index in [0.29, 0.717) is 31.7 Å². The van der Waals surface area contributed by atoms with Gasteiger partial charge in [0.05, 0.1) is 4.92 Å². The number of rotatable bonds is 4. The Morgan fingerprint density at radius 3 is 2.68 bits per heavy atom. The van der Waals surface area contributed by atoms with Crippen molar-refractivity contribution in [2.24, 2.45) is 5.92 Å². The van der Waals surface area contributed by atoms with Gasteiger partial charge >= 0.3 is 5.69 Å². The van der Waals surface area contributed by atoms with E-state index < -0.39 is 22.2 Å². The molecule has 1 aromatic carbocycles. The smallest absolute Gasteiger partial charge is 0.327 e. The number of benzene rings is 1. The minimum atomic E-state index is -1.17. The Kier molecular flexibility index (Phi) is 4.26. The van der Waals surface area contributed by atoms with Gasteiger partial charge in [-0.05, 0) is 18.8 Å². The number of halogens is 2. The van der Waals surface area contributed by atoms with Crippen molar-refractivity contribution in [2.45, 2.75) is 12.8 Å². The normalized spacial score (nSPS) is 16.3. The van der Waals surface area contributed by atoms with Crippen molar-refractivity contribution in [1.29, 1.82) is 0 Å². The summed E-state index contributed by atoms with van der Waals surface area (Å²) in [6.07, 6.45) is 1.66. The van der Waals surface area contributed by atoms with E-state index in [1.165, 1.54) is 0 Å². The number of nitro benzene ring substituents is 1. The molecule has 1 aliphatic heterocycles. The third-order valence-corrected chi connectivity index (χ3v) is 3.13. The van der Waals surface area contributed by atoms with E-state index in [0.717, 1.165) is 18.9 Å². The van der Waals surface area contributed by atoms with Crippen molar-refractivity contribution in [3.05, 3.63) is 33.9 Å². The molecule has 0 spiro atoms. The van der Waals surface area contributed by atoms with Gasteiger partial charge in [0.15, 0.2) is 0 Å². The van der Waals surface area contributed by atoms with Crippen molar-refractivity contribution in [1.82, 2.24) is 0 Å². The van der Waals surface area contributed by atoms with Crippen LogP contribution in [0.4, 0.5) is 20.2 Å². The zero-order chi connectivity index (χ0) is 13.8. The van der Waals surface area contributed by atoms with E-state index in [2.05, 4.69) is 5.32 Å². The fourth-order valence-corrected chi connectivity index (χ4v) is 2.09. The van der Waals surface area contributed by atoms with Crippen molar-refractivity contribution in [3.8, 4) is 0 Å². The Hall–Kier alpha value is -1.76. The highest BCUT2D eigenvalue weighted by atomic mass is 19.1. The summed E-state index contributed by atoms with van der Waals surface area (Å²) >= 11 is 0. The first-order chi connectivity index (χ1) is 9.08. The van der Waals surface area contributed by atoms with Gasteiger partial charge in [-0.1, -0.05) is 0 Å². The third-order valence-electron chi connectivity index (χ3n) is 3.13. The van der Waals surface area contributed by atoms with E-state index in [4.69, 9.17) is 4.74 Å². The molecule has 0 saturated carbocycles. The molecule has 0 unspecified atom stereocenters. The van der Waals surface area contributed by atoms with Gasteiger partial charge in [-0.25, -0.2) is 4.39 Å². The largest absolute Gasteiger partial charge is 0.381 e. The standard InChI is InChI=1S/C12H14F2N2O3/c13-9-5-10(14)12(16(17)18)11(6-9)15-7-8-1-3-19-4-2-8/h5-6,8,15H,1-4,7H2. The van der Waals surface area contributed by atoms with Crippen LogP contribution >= 0.6 is 0 Å². The summed E-state index contributed by atoms with van der Waals surface area (Å²) in [6.45, 7) is 1.73. The number of anilines is 1. The molecule has 1 fully saturated rings. The zero-order valence-electron chi connectivity index (χ0n) is 10.2. The number of nitrogens with zero attached hydrogens (tertiary/aromatic N) is 1. The quantitative estimate of drug-likeness (QED) is 0.676.